The van der Waals surface area contributed by atoms with Crippen LogP contribution in [0.4, 0.5) is 27.6 Å². The number of nitrogens with zero attached hydrogens (tertiary/aromatic N) is 3. The molecule has 0 amide bonds. The lowest BCUT2D eigenvalue weighted by atomic mass is 10.1. The smallest absolute Gasteiger partial charge is 0.258 e. The highest BCUT2D eigenvalue weighted by molar-refractivity contribution is 5.54. The standard InChI is InChI=1S/C8H2F5N3O2/c9-7(10)5-3(1-14)4(16(17)18)2-15-6(5)8(11,12)13/h2,7H. The number of hydrogen-bond donors (Lipinski definition) is 0. The highest BCUT2D eigenvalue weighted by atomic mass is 19.4. The molecule has 1 rings (SSSR count). The Hall–Kier alpha value is -2.31. The first-order valence-corrected chi connectivity index (χ1v) is 4.12. The molecule has 0 unspecified atom stereocenters. The van der Waals surface area contributed by atoms with E-state index < -0.39 is 40.0 Å². The van der Waals surface area contributed by atoms with Crippen LogP contribution in [0.5, 0.6) is 0 Å². The van der Waals surface area contributed by atoms with Crippen LogP contribution in [-0.2, 0) is 6.18 Å². The predicted octanol–water partition coefficient (Wildman–Crippen LogP) is 2.82. The van der Waals surface area contributed by atoms with Crippen molar-refractivity contribution in [1.82, 2.24) is 4.98 Å². The second-order valence-corrected chi connectivity index (χ2v) is 2.95. The van der Waals surface area contributed by atoms with Gasteiger partial charge in [-0.05, 0) is 0 Å². The zero-order chi connectivity index (χ0) is 14.1. The maximum atomic E-state index is 12.5. The Morgan fingerprint density at radius 3 is 2.33 bits per heavy atom. The molecule has 0 aliphatic heterocycles. The Morgan fingerprint density at radius 2 is 2.00 bits per heavy atom. The number of hydrogen-bond acceptors (Lipinski definition) is 4. The van der Waals surface area contributed by atoms with Gasteiger partial charge >= 0.3 is 11.9 Å². The van der Waals surface area contributed by atoms with Crippen molar-refractivity contribution in [1.29, 1.82) is 5.26 Å². The van der Waals surface area contributed by atoms with Gasteiger partial charge in [-0.2, -0.15) is 18.4 Å². The van der Waals surface area contributed by atoms with Gasteiger partial charge < -0.3 is 0 Å². The van der Waals surface area contributed by atoms with Crippen LogP contribution >= 0.6 is 0 Å². The molecule has 1 aromatic rings. The van der Waals surface area contributed by atoms with Crippen molar-refractivity contribution >= 4 is 5.69 Å². The average Bonchev–Trinajstić information content (AvgIpc) is 2.25. The minimum Gasteiger partial charge on any atom is -0.258 e. The van der Waals surface area contributed by atoms with Crippen LogP contribution in [0.15, 0.2) is 6.20 Å². The summed E-state index contributed by atoms with van der Waals surface area (Å²) in [5, 5.41) is 18.9. The zero-order valence-corrected chi connectivity index (χ0v) is 8.20. The number of aromatic nitrogens is 1. The third-order valence-corrected chi connectivity index (χ3v) is 1.89. The minimum atomic E-state index is -5.23. The van der Waals surface area contributed by atoms with Gasteiger partial charge in [0.25, 0.3) is 6.43 Å². The summed E-state index contributed by atoms with van der Waals surface area (Å²) in [6.45, 7) is 0. The average molecular weight is 267 g/mol. The molecular formula is C8H2F5N3O2. The number of rotatable bonds is 2. The van der Waals surface area contributed by atoms with E-state index in [-0.39, 0.29) is 6.20 Å². The van der Waals surface area contributed by atoms with Gasteiger partial charge in [-0.1, -0.05) is 0 Å². The molecule has 0 atom stereocenters. The molecule has 0 saturated carbocycles. The molecule has 0 aliphatic carbocycles. The lowest BCUT2D eigenvalue weighted by molar-refractivity contribution is -0.385. The second kappa shape index (κ2) is 4.52. The molecule has 1 aromatic heterocycles. The third-order valence-electron chi connectivity index (χ3n) is 1.89. The van der Waals surface area contributed by atoms with Crippen LogP contribution in [0.2, 0.25) is 0 Å². The van der Waals surface area contributed by atoms with Gasteiger partial charge in [0.2, 0.25) is 0 Å². The topological polar surface area (TPSA) is 79.8 Å². The molecule has 0 N–H and O–H groups in total. The Morgan fingerprint density at radius 1 is 1.44 bits per heavy atom. The van der Waals surface area contributed by atoms with E-state index >= 15 is 0 Å². The molecule has 0 bridgehead atoms. The van der Waals surface area contributed by atoms with Gasteiger partial charge in [0.05, 0.1) is 10.5 Å². The molecule has 0 radical (unpaired) electrons. The van der Waals surface area contributed by atoms with E-state index in [0.29, 0.717) is 0 Å². The lowest BCUT2D eigenvalue weighted by Crippen LogP contribution is -2.15. The van der Waals surface area contributed by atoms with Crippen molar-refractivity contribution in [3.63, 3.8) is 0 Å². The van der Waals surface area contributed by atoms with Crippen molar-refractivity contribution in [3.8, 4) is 6.07 Å². The molecule has 0 fully saturated rings. The SMILES string of the molecule is N#Cc1c([N+](=O)[O-])cnc(C(F)(F)F)c1C(F)F. The molecule has 0 aromatic carbocycles. The first-order chi connectivity index (χ1) is 8.20. The number of halogens is 5. The van der Waals surface area contributed by atoms with Crippen molar-refractivity contribution in [2.45, 2.75) is 12.6 Å². The number of nitro groups is 1. The lowest BCUT2D eigenvalue weighted by Gasteiger charge is -2.12. The van der Waals surface area contributed by atoms with Crippen LogP contribution in [0.25, 0.3) is 0 Å². The molecule has 0 aliphatic rings. The van der Waals surface area contributed by atoms with E-state index in [2.05, 4.69) is 4.98 Å². The van der Waals surface area contributed by atoms with Crippen molar-refractivity contribution < 1.29 is 26.9 Å². The molecule has 96 valence electrons. The maximum Gasteiger partial charge on any atom is 0.433 e. The normalized spacial score (nSPS) is 11.4. The predicted molar refractivity (Wildman–Crippen MR) is 45.6 cm³/mol. The van der Waals surface area contributed by atoms with Gasteiger partial charge in [0, 0.05) is 0 Å². The van der Waals surface area contributed by atoms with Crippen LogP contribution in [0.1, 0.15) is 23.2 Å². The number of alkyl halides is 5. The molecule has 5 nitrogen and oxygen atoms in total. The summed E-state index contributed by atoms with van der Waals surface area (Å²) in [4.78, 5) is 11.8. The fourth-order valence-electron chi connectivity index (χ4n) is 1.21. The molecule has 10 heteroatoms. The van der Waals surface area contributed by atoms with Crippen molar-refractivity contribution in [3.05, 3.63) is 33.1 Å². The summed E-state index contributed by atoms with van der Waals surface area (Å²) in [6, 6.07) is 0.978. The van der Waals surface area contributed by atoms with E-state index in [1.54, 1.807) is 0 Å². The second-order valence-electron chi connectivity index (χ2n) is 2.95. The van der Waals surface area contributed by atoms with Crippen molar-refractivity contribution in [2.75, 3.05) is 0 Å². The first-order valence-electron chi connectivity index (χ1n) is 4.12. The Balaban J connectivity index is 3.72. The summed E-state index contributed by atoms with van der Waals surface area (Å²) >= 11 is 0. The number of pyridine rings is 1. The van der Waals surface area contributed by atoms with Crippen molar-refractivity contribution in [2.24, 2.45) is 0 Å². The van der Waals surface area contributed by atoms with Gasteiger partial charge in [-0.15, -0.1) is 0 Å². The van der Waals surface area contributed by atoms with Crippen LogP contribution in [-0.4, -0.2) is 9.91 Å². The molecule has 0 saturated heterocycles. The van der Waals surface area contributed by atoms with Gasteiger partial charge in [0.1, 0.15) is 17.8 Å². The summed E-state index contributed by atoms with van der Waals surface area (Å²) in [5.74, 6) is 0. The monoisotopic (exact) mass is 267 g/mol. The number of nitriles is 1. The largest absolute Gasteiger partial charge is 0.433 e. The highest BCUT2D eigenvalue weighted by Crippen LogP contribution is 2.38. The van der Waals surface area contributed by atoms with Crippen LogP contribution < -0.4 is 0 Å². The quantitative estimate of drug-likeness (QED) is 0.468. The molecular weight excluding hydrogens is 265 g/mol. The van der Waals surface area contributed by atoms with E-state index in [4.69, 9.17) is 5.26 Å². The third kappa shape index (κ3) is 2.34. The Labute approximate surface area is 95.6 Å². The Bertz CT molecular complexity index is 535. The highest BCUT2D eigenvalue weighted by Gasteiger charge is 2.41. The van der Waals surface area contributed by atoms with E-state index in [1.807, 2.05) is 0 Å². The van der Waals surface area contributed by atoms with Crippen LogP contribution in [0, 0.1) is 21.4 Å². The van der Waals surface area contributed by atoms with Gasteiger partial charge in [-0.25, -0.2) is 13.8 Å². The fourth-order valence-corrected chi connectivity index (χ4v) is 1.21. The van der Waals surface area contributed by atoms with E-state index in [9.17, 15) is 32.1 Å². The van der Waals surface area contributed by atoms with Gasteiger partial charge in [0.15, 0.2) is 5.69 Å². The molecule has 1 heterocycles. The summed E-state index contributed by atoms with van der Waals surface area (Å²) in [7, 11) is 0. The van der Waals surface area contributed by atoms with Gasteiger partial charge in [-0.3, -0.25) is 10.1 Å². The summed E-state index contributed by atoms with van der Waals surface area (Å²) in [5.41, 5.74) is -6.31. The zero-order valence-electron chi connectivity index (χ0n) is 8.20. The minimum absolute atomic E-state index is 0.132. The summed E-state index contributed by atoms with van der Waals surface area (Å²) in [6.07, 6.45) is -8.80. The maximum absolute atomic E-state index is 12.5. The summed E-state index contributed by atoms with van der Waals surface area (Å²) < 4.78 is 62.2. The van der Waals surface area contributed by atoms with E-state index in [1.165, 1.54) is 0 Å². The first kappa shape index (κ1) is 13.8. The van der Waals surface area contributed by atoms with E-state index in [0.717, 1.165) is 6.07 Å². The van der Waals surface area contributed by atoms with Crippen LogP contribution in [0.3, 0.4) is 0 Å². The fraction of sp³-hybridized carbons (Fsp3) is 0.250. The molecule has 0 spiro atoms. The molecule has 18 heavy (non-hydrogen) atoms. The Kier molecular flexibility index (Phi) is 3.45.